The summed E-state index contributed by atoms with van der Waals surface area (Å²) < 4.78 is 33.5. The van der Waals surface area contributed by atoms with Crippen LogP contribution in [0.15, 0.2) is 54.6 Å². The first-order chi connectivity index (χ1) is 19.4. The van der Waals surface area contributed by atoms with E-state index in [-0.39, 0.29) is 12.5 Å². The van der Waals surface area contributed by atoms with Crippen molar-refractivity contribution in [2.24, 2.45) is 0 Å². The summed E-state index contributed by atoms with van der Waals surface area (Å²) in [7, 11) is 4.52. The predicted molar refractivity (Wildman–Crippen MR) is 149 cm³/mol. The molecule has 0 spiro atoms. The summed E-state index contributed by atoms with van der Waals surface area (Å²) in [6.45, 7) is 5.38. The standard InChI is InChI=1S/C31H35NO8/c1-6-38-26-13-10-22(17-29(26)39-7-2)30(33)32-15-14-21-16-27(35-3)28(36-4)18-24(21)25(32)19-40-23-11-8-20(9-12-23)31(34)37-5/h8-13,16-18,25H,6-7,14-15,19H2,1-5H3. The summed E-state index contributed by atoms with van der Waals surface area (Å²) in [5, 5.41) is 0. The Balaban J connectivity index is 1.68. The van der Waals surface area contributed by atoms with Crippen LogP contribution in [0.2, 0.25) is 0 Å². The molecule has 0 aromatic heterocycles. The molecule has 9 heteroatoms. The molecule has 0 fully saturated rings. The van der Waals surface area contributed by atoms with Crippen molar-refractivity contribution >= 4 is 11.9 Å². The van der Waals surface area contributed by atoms with E-state index in [0.29, 0.717) is 66.1 Å². The van der Waals surface area contributed by atoms with E-state index in [1.165, 1.54) is 7.11 Å². The first-order valence-corrected chi connectivity index (χ1v) is 13.2. The van der Waals surface area contributed by atoms with E-state index in [9.17, 15) is 9.59 Å². The van der Waals surface area contributed by atoms with Gasteiger partial charge < -0.3 is 33.3 Å². The van der Waals surface area contributed by atoms with Gasteiger partial charge in [-0.15, -0.1) is 0 Å². The van der Waals surface area contributed by atoms with E-state index in [1.807, 2.05) is 30.9 Å². The summed E-state index contributed by atoms with van der Waals surface area (Å²) >= 11 is 0. The number of nitrogens with zero attached hydrogens (tertiary/aromatic N) is 1. The molecule has 3 aromatic rings. The zero-order valence-electron chi connectivity index (χ0n) is 23.5. The lowest BCUT2D eigenvalue weighted by molar-refractivity contribution is 0.0582. The minimum absolute atomic E-state index is 0.154. The maximum absolute atomic E-state index is 14.0. The molecule has 1 unspecified atom stereocenters. The Morgan fingerprint density at radius 3 is 2.08 bits per heavy atom. The normalized spacial score (nSPS) is 14.1. The van der Waals surface area contributed by atoms with Gasteiger partial charge in [0.25, 0.3) is 5.91 Å². The van der Waals surface area contributed by atoms with Crippen LogP contribution in [0.5, 0.6) is 28.7 Å². The number of methoxy groups -OCH3 is 3. The number of amides is 1. The van der Waals surface area contributed by atoms with Gasteiger partial charge in [0.05, 0.1) is 46.1 Å². The van der Waals surface area contributed by atoms with Crippen LogP contribution in [0.3, 0.4) is 0 Å². The van der Waals surface area contributed by atoms with E-state index in [4.69, 9.17) is 28.4 Å². The molecular formula is C31H35NO8. The van der Waals surface area contributed by atoms with Crippen LogP contribution >= 0.6 is 0 Å². The number of fused-ring (bicyclic) bond motifs is 1. The minimum Gasteiger partial charge on any atom is -0.493 e. The molecule has 40 heavy (non-hydrogen) atoms. The number of carbonyl (C=O) groups excluding carboxylic acids is 2. The Hall–Kier alpha value is -4.40. The average Bonchev–Trinajstić information content (AvgIpc) is 2.99. The van der Waals surface area contributed by atoms with Crippen LogP contribution < -0.4 is 23.7 Å². The SMILES string of the molecule is CCOc1ccc(C(=O)N2CCc3cc(OC)c(OC)cc3C2COc2ccc(C(=O)OC)cc2)cc1OCC. The van der Waals surface area contributed by atoms with Gasteiger partial charge in [-0.2, -0.15) is 0 Å². The summed E-state index contributed by atoms with van der Waals surface area (Å²) in [5.74, 6) is 2.31. The summed E-state index contributed by atoms with van der Waals surface area (Å²) in [6.07, 6.45) is 0.640. The lowest BCUT2D eigenvalue weighted by atomic mass is 9.91. The van der Waals surface area contributed by atoms with Crippen LogP contribution in [0.25, 0.3) is 0 Å². The number of hydrogen-bond acceptors (Lipinski definition) is 8. The third kappa shape index (κ3) is 6.09. The minimum atomic E-state index is -0.424. The van der Waals surface area contributed by atoms with Gasteiger partial charge in [0.15, 0.2) is 23.0 Å². The fourth-order valence-electron chi connectivity index (χ4n) is 4.78. The molecule has 1 atom stereocenters. The highest BCUT2D eigenvalue weighted by Crippen LogP contribution is 2.39. The molecule has 4 rings (SSSR count). The van der Waals surface area contributed by atoms with Gasteiger partial charge in [0.2, 0.25) is 0 Å². The van der Waals surface area contributed by atoms with Gasteiger partial charge in [-0.3, -0.25) is 4.79 Å². The van der Waals surface area contributed by atoms with Crippen LogP contribution in [-0.4, -0.2) is 64.5 Å². The molecule has 0 radical (unpaired) electrons. The monoisotopic (exact) mass is 549 g/mol. The number of rotatable bonds is 11. The Bertz CT molecular complexity index is 1340. The summed E-state index contributed by atoms with van der Waals surface area (Å²) in [4.78, 5) is 27.6. The quantitative estimate of drug-likeness (QED) is 0.305. The third-order valence-corrected chi connectivity index (χ3v) is 6.74. The van der Waals surface area contributed by atoms with E-state index in [2.05, 4.69) is 0 Å². The van der Waals surface area contributed by atoms with E-state index in [0.717, 1.165) is 11.1 Å². The van der Waals surface area contributed by atoms with Crippen molar-refractivity contribution in [1.82, 2.24) is 4.90 Å². The van der Waals surface area contributed by atoms with Crippen molar-refractivity contribution in [3.63, 3.8) is 0 Å². The van der Waals surface area contributed by atoms with E-state index >= 15 is 0 Å². The maximum Gasteiger partial charge on any atom is 0.337 e. The molecule has 0 saturated carbocycles. The Kier molecular flexibility index (Phi) is 9.37. The molecule has 9 nitrogen and oxygen atoms in total. The van der Waals surface area contributed by atoms with E-state index < -0.39 is 12.0 Å². The van der Waals surface area contributed by atoms with E-state index in [1.54, 1.807) is 56.7 Å². The lowest BCUT2D eigenvalue weighted by Crippen LogP contribution is -2.42. The average molecular weight is 550 g/mol. The number of ether oxygens (including phenoxy) is 6. The van der Waals surface area contributed by atoms with Crippen molar-refractivity contribution in [2.45, 2.75) is 26.3 Å². The topological polar surface area (TPSA) is 92.8 Å². The van der Waals surface area contributed by atoms with Crippen molar-refractivity contribution < 1.29 is 38.0 Å². The molecule has 1 aliphatic heterocycles. The maximum atomic E-state index is 14.0. The second-order valence-corrected chi connectivity index (χ2v) is 9.02. The molecule has 1 heterocycles. The van der Waals surface area contributed by atoms with Crippen LogP contribution in [0.4, 0.5) is 0 Å². The molecule has 1 aliphatic rings. The first-order valence-electron chi connectivity index (χ1n) is 13.2. The third-order valence-electron chi connectivity index (χ3n) is 6.74. The van der Waals surface area contributed by atoms with Crippen LogP contribution in [0.1, 0.15) is 51.7 Å². The number of esters is 1. The summed E-state index contributed by atoms with van der Waals surface area (Å²) in [5.41, 5.74) is 2.88. The van der Waals surface area contributed by atoms with Gasteiger partial charge in [0.1, 0.15) is 12.4 Å². The highest BCUT2D eigenvalue weighted by molar-refractivity contribution is 5.95. The van der Waals surface area contributed by atoms with Gasteiger partial charge in [-0.1, -0.05) is 0 Å². The number of hydrogen-bond donors (Lipinski definition) is 0. The van der Waals surface area contributed by atoms with Gasteiger partial charge in [-0.25, -0.2) is 4.79 Å². The zero-order valence-corrected chi connectivity index (χ0v) is 23.5. The molecule has 0 N–H and O–H groups in total. The zero-order chi connectivity index (χ0) is 28.6. The summed E-state index contributed by atoms with van der Waals surface area (Å²) in [6, 6.07) is 15.4. The largest absolute Gasteiger partial charge is 0.493 e. The van der Waals surface area contributed by atoms with Gasteiger partial charge in [0, 0.05) is 12.1 Å². The Morgan fingerprint density at radius 1 is 0.775 bits per heavy atom. The van der Waals surface area contributed by atoms with Gasteiger partial charge in [-0.05, 0) is 86.0 Å². The number of benzene rings is 3. The van der Waals surface area contributed by atoms with Crippen molar-refractivity contribution in [3.8, 4) is 28.7 Å². The highest BCUT2D eigenvalue weighted by Gasteiger charge is 2.34. The Morgan fingerprint density at radius 2 is 1.43 bits per heavy atom. The lowest BCUT2D eigenvalue weighted by Gasteiger charge is -2.37. The molecular weight excluding hydrogens is 514 g/mol. The molecule has 0 saturated heterocycles. The second kappa shape index (κ2) is 13.1. The molecule has 0 aliphatic carbocycles. The fourth-order valence-corrected chi connectivity index (χ4v) is 4.78. The van der Waals surface area contributed by atoms with Crippen molar-refractivity contribution in [1.29, 1.82) is 0 Å². The number of carbonyl (C=O) groups is 2. The first kappa shape index (κ1) is 28.6. The smallest absolute Gasteiger partial charge is 0.337 e. The van der Waals surface area contributed by atoms with Gasteiger partial charge >= 0.3 is 5.97 Å². The van der Waals surface area contributed by atoms with Crippen LogP contribution in [0, 0.1) is 0 Å². The molecule has 212 valence electrons. The highest BCUT2D eigenvalue weighted by atomic mass is 16.5. The van der Waals surface area contributed by atoms with Crippen molar-refractivity contribution in [3.05, 3.63) is 76.9 Å². The fraction of sp³-hybridized carbons (Fsp3) is 0.355. The second-order valence-electron chi connectivity index (χ2n) is 9.02. The van der Waals surface area contributed by atoms with Crippen LogP contribution in [-0.2, 0) is 11.2 Å². The Labute approximate surface area is 234 Å². The molecule has 0 bridgehead atoms. The predicted octanol–water partition coefficient (Wildman–Crippen LogP) is 5.11. The molecule has 1 amide bonds. The molecule has 3 aromatic carbocycles. The van der Waals surface area contributed by atoms with Crippen molar-refractivity contribution in [2.75, 3.05) is 47.7 Å².